The van der Waals surface area contributed by atoms with Crippen LogP contribution in [0.4, 0.5) is 10.1 Å². The fraction of sp³-hybridized carbons (Fsp3) is 0.321. The van der Waals surface area contributed by atoms with E-state index in [0.29, 0.717) is 16.3 Å². The number of nitrogens with one attached hydrogen (secondary N) is 1. The fourth-order valence-corrected chi connectivity index (χ4v) is 5.65. The number of halogens is 1. The van der Waals surface area contributed by atoms with Crippen molar-refractivity contribution in [3.05, 3.63) is 76.2 Å². The van der Waals surface area contributed by atoms with Crippen molar-refractivity contribution in [1.82, 2.24) is 25.5 Å². The maximum Gasteiger partial charge on any atom is 0.251 e. The van der Waals surface area contributed by atoms with Gasteiger partial charge in [-0.2, -0.15) is 4.80 Å². The third-order valence-corrected chi connectivity index (χ3v) is 7.65. The normalized spacial score (nSPS) is 14.2. The average molecular weight is 549 g/mol. The van der Waals surface area contributed by atoms with E-state index in [0.717, 1.165) is 36.0 Å². The van der Waals surface area contributed by atoms with Crippen LogP contribution in [0.15, 0.2) is 60.0 Å². The van der Waals surface area contributed by atoms with Crippen LogP contribution >= 0.6 is 11.3 Å². The van der Waals surface area contributed by atoms with Crippen LogP contribution in [0.3, 0.4) is 0 Å². The Morgan fingerprint density at radius 2 is 1.97 bits per heavy atom. The fourth-order valence-electron chi connectivity index (χ4n) is 4.83. The van der Waals surface area contributed by atoms with Gasteiger partial charge in [0.05, 0.1) is 18.4 Å². The Labute approximate surface area is 229 Å². The van der Waals surface area contributed by atoms with Gasteiger partial charge in [-0.15, -0.1) is 21.5 Å². The van der Waals surface area contributed by atoms with Crippen molar-refractivity contribution in [2.45, 2.75) is 51.2 Å². The lowest BCUT2D eigenvalue weighted by molar-refractivity contribution is -0.127. The minimum Gasteiger partial charge on any atom is -0.495 e. The average Bonchev–Trinajstić information content (AvgIpc) is 3.71. The zero-order valence-corrected chi connectivity index (χ0v) is 22.5. The predicted molar refractivity (Wildman–Crippen MR) is 146 cm³/mol. The first kappa shape index (κ1) is 26.5. The number of benzene rings is 2. The lowest BCUT2D eigenvalue weighted by Gasteiger charge is -2.32. The summed E-state index contributed by atoms with van der Waals surface area (Å²) in [7, 11) is 1.52. The zero-order valence-electron chi connectivity index (χ0n) is 21.7. The lowest BCUT2D eigenvalue weighted by atomic mass is 10.1. The molecule has 1 aliphatic carbocycles. The molecule has 1 fully saturated rings. The van der Waals surface area contributed by atoms with Gasteiger partial charge in [-0.3, -0.25) is 14.5 Å². The quantitative estimate of drug-likeness (QED) is 0.326. The Balaban J connectivity index is 1.53. The summed E-state index contributed by atoms with van der Waals surface area (Å²) in [5.74, 6) is -0.691. The summed E-state index contributed by atoms with van der Waals surface area (Å²) >= 11 is 1.40. The summed E-state index contributed by atoms with van der Waals surface area (Å²) in [5, 5.41) is 17.2. The van der Waals surface area contributed by atoms with E-state index in [1.54, 1.807) is 24.3 Å². The number of ether oxygens (including phenoxy) is 1. The van der Waals surface area contributed by atoms with Gasteiger partial charge >= 0.3 is 0 Å². The number of tetrazole rings is 1. The van der Waals surface area contributed by atoms with Crippen LogP contribution in [0.2, 0.25) is 0 Å². The Hall–Kier alpha value is -4.12. The van der Waals surface area contributed by atoms with E-state index in [-0.39, 0.29) is 29.9 Å². The van der Waals surface area contributed by atoms with Gasteiger partial charge in [0.2, 0.25) is 11.7 Å². The molecule has 2 amide bonds. The SMILES string of the molecule is COc1ccc(C)cc1N(C(=O)Cn1nnc(-c2ccccc2F)n1)[C@H](C(=O)NC1CCCC1)c1cccs1. The molecule has 2 aromatic heterocycles. The minimum atomic E-state index is -0.941. The second-order valence-electron chi connectivity index (χ2n) is 9.47. The number of amides is 2. The summed E-state index contributed by atoms with van der Waals surface area (Å²) in [4.78, 5) is 31.2. The second kappa shape index (κ2) is 11.7. The van der Waals surface area contributed by atoms with Crippen LogP contribution in [0.5, 0.6) is 5.75 Å². The Morgan fingerprint density at radius 1 is 1.18 bits per heavy atom. The molecule has 1 saturated carbocycles. The van der Waals surface area contributed by atoms with Gasteiger partial charge in [-0.1, -0.05) is 37.1 Å². The molecule has 9 nitrogen and oxygen atoms in total. The highest BCUT2D eigenvalue weighted by atomic mass is 32.1. The Bertz CT molecular complexity index is 1450. The lowest BCUT2D eigenvalue weighted by Crippen LogP contribution is -2.47. The molecule has 2 aromatic carbocycles. The number of methoxy groups -OCH3 is 1. The molecule has 39 heavy (non-hydrogen) atoms. The number of carbonyl (C=O) groups is 2. The molecule has 0 saturated heterocycles. The molecule has 1 atom stereocenters. The molecule has 2 heterocycles. The Morgan fingerprint density at radius 3 is 2.69 bits per heavy atom. The third kappa shape index (κ3) is 5.83. The van der Waals surface area contributed by atoms with Crippen LogP contribution in [0.1, 0.15) is 42.2 Å². The topological polar surface area (TPSA) is 102 Å². The molecule has 0 bridgehead atoms. The first-order chi connectivity index (χ1) is 18.9. The van der Waals surface area contributed by atoms with Crippen molar-refractivity contribution in [3.8, 4) is 17.1 Å². The highest BCUT2D eigenvalue weighted by Crippen LogP contribution is 2.37. The van der Waals surface area contributed by atoms with Crippen molar-refractivity contribution in [1.29, 1.82) is 0 Å². The number of carbonyl (C=O) groups excluding carboxylic acids is 2. The minimum absolute atomic E-state index is 0.0642. The van der Waals surface area contributed by atoms with E-state index in [4.69, 9.17) is 4.74 Å². The summed E-state index contributed by atoms with van der Waals surface area (Å²) in [6.45, 7) is 1.58. The van der Waals surface area contributed by atoms with Gasteiger partial charge in [0.15, 0.2) is 0 Å². The highest BCUT2D eigenvalue weighted by molar-refractivity contribution is 7.10. The van der Waals surface area contributed by atoms with Crippen molar-refractivity contribution in [2.24, 2.45) is 0 Å². The smallest absolute Gasteiger partial charge is 0.251 e. The van der Waals surface area contributed by atoms with Crippen LogP contribution in [-0.2, 0) is 16.1 Å². The first-order valence-electron chi connectivity index (χ1n) is 12.8. The van der Waals surface area contributed by atoms with Gasteiger partial charge in [-0.25, -0.2) is 4.39 Å². The van der Waals surface area contributed by atoms with E-state index in [1.807, 2.05) is 36.6 Å². The molecular formula is C28H29FN6O3S. The predicted octanol–water partition coefficient (Wildman–Crippen LogP) is 4.69. The largest absolute Gasteiger partial charge is 0.495 e. The van der Waals surface area contributed by atoms with Gasteiger partial charge in [0, 0.05) is 10.9 Å². The maximum atomic E-state index is 14.3. The van der Waals surface area contributed by atoms with Crippen LogP contribution in [-0.4, -0.2) is 45.2 Å². The van der Waals surface area contributed by atoms with E-state index in [1.165, 1.54) is 29.4 Å². The van der Waals surface area contributed by atoms with Crippen molar-refractivity contribution in [3.63, 3.8) is 0 Å². The second-order valence-corrected chi connectivity index (χ2v) is 10.4. The van der Waals surface area contributed by atoms with Crippen molar-refractivity contribution < 1.29 is 18.7 Å². The third-order valence-electron chi connectivity index (χ3n) is 6.73. The molecular weight excluding hydrogens is 519 g/mol. The highest BCUT2D eigenvalue weighted by Gasteiger charge is 2.36. The molecule has 0 aliphatic heterocycles. The number of hydrogen-bond acceptors (Lipinski definition) is 7. The number of thiophene rings is 1. The van der Waals surface area contributed by atoms with E-state index < -0.39 is 17.8 Å². The molecule has 0 radical (unpaired) electrons. The van der Waals surface area contributed by atoms with Crippen LogP contribution in [0, 0.1) is 12.7 Å². The number of aromatic nitrogens is 4. The van der Waals surface area contributed by atoms with Crippen molar-refractivity contribution >= 4 is 28.8 Å². The van der Waals surface area contributed by atoms with Crippen LogP contribution < -0.4 is 15.0 Å². The molecule has 4 aromatic rings. The number of hydrogen-bond donors (Lipinski definition) is 1. The van der Waals surface area contributed by atoms with Gasteiger partial charge < -0.3 is 10.1 Å². The number of nitrogens with zero attached hydrogens (tertiary/aromatic N) is 5. The Kier molecular flexibility index (Phi) is 7.97. The molecule has 1 aliphatic rings. The molecule has 202 valence electrons. The molecule has 0 unspecified atom stereocenters. The van der Waals surface area contributed by atoms with Crippen molar-refractivity contribution in [2.75, 3.05) is 12.0 Å². The number of aryl methyl sites for hydroxylation is 1. The molecule has 1 N–H and O–H groups in total. The van der Waals surface area contributed by atoms with E-state index in [9.17, 15) is 14.0 Å². The van der Waals surface area contributed by atoms with Crippen LogP contribution in [0.25, 0.3) is 11.4 Å². The number of anilines is 1. The first-order valence-corrected chi connectivity index (χ1v) is 13.7. The van der Waals surface area contributed by atoms with Gasteiger partial charge in [-0.05, 0) is 66.3 Å². The molecule has 11 heteroatoms. The monoisotopic (exact) mass is 548 g/mol. The summed E-state index contributed by atoms with van der Waals surface area (Å²) in [6, 6.07) is 14.4. The molecule has 0 spiro atoms. The van der Waals surface area contributed by atoms with E-state index in [2.05, 4.69) is 20.7 Å². The standard InChI is InChI=1S/C28H29FN6O3S/c1-18-13-14-23(38-2)22(16-18)35(26(24-12-7-15-39-24)28(37)30-19-8-3-4-9-19)25(36)17-34-32-27(31-33-34)20-10-5-6-11-21(20)29/h5-7,10-16,19,26H,3-4,8-9,17H2,1-2H3,(H,30,37)/t26-/m0/s1. The summed E-state index contributed by atoms with van der Waals surface area (Å²) < 4.78 is 19.9. The number of rotatable bonds is 9. The maximum absolute atomic E-state index is 14.3. The zero-order chi connectivity index (χ0) is 27.4. The van der Waals surface area contributed by atoms with Gasteiger partial charge in [0.25, 0.3) is 5.91 Å². The van der Waals surface area contributed by atoms with E-state index >= 15 is 0 Å². The summed E-state index contributed by atoms with van der Waals surface area (Å²) in [5.41, 5.74) is 1.53. The summed E-state index contributed by atoms with van der Waals surface area (Å²) in [6.07, 6.45) is 3.94. The molecule has 5 rings (SSSR count). The van der Waals surface area contributed by atoms with Gasteiger partial charge in [0.1, 0.15) is 24.2 Å².